The summed E-state index contributed by atoms with van der Waals surface area (Å²) in [6.07, 6.45) is 5.75. The van der Waals surface area contributed by atoms with Gasteiger partial charge in [0.2, 0.25) is 5.91 Å². The Balaban J connectivity index is 3.56. The third-order valence-corrected chi connectivity index (χ3v) is 3.95. The van der Waals surface area contributed by atoms with Gasteiger partial charge in [-0.15, -0.1) is 11.8 Å². The summed E-state index contributed by atoms with van der Waals surface area (Å²) in [5.41, 5.74) is 5.47. The van der Waals surface area contributed by atoms with Gasteiger partial charge in [-0.3, -0.25) is 4.79 Å². The summed E-state index contributed by atoms with van der Waals surface area (Å²) in [6, 6.07) is 0.305. The number of carbonyl (C=O) groups excluding carboxylic acids is 1. The number of rotatable bonds is 10. The first-order valence-corrected chi connectivity index (χ1v) is 7.76. The third kappa shape index (κ3) is 10.6. The molecular weight excluding hydrogens is 232 g/mol. The van der Waals surface area contributed by atoms with E-state index in [4.69, 9.17) is 5.73 Å². The first-order valence-electron chi connectivity index (χ1n) is 6.71. The molecule has 0 radical (unpaired) electrons. The molecule has 0 saturated carbocycles. The van der Waals surface area contributed by atoms with E-state index in [1.807, 2.05) is 0 Å². The van der Waals surface area contributed by atoms with Crippen molar-refractivity contribution in [2.45, 2.75) is 64.2 Å². The van der Waals surface area contributed by atoms with Crippen molar-refractivity contribution in [3.8, 4) is 0 Å². The Morgan fingerprint density at radius 1 is 1.29 bits per heavy atom. The number of hydrogen-bond acceptors (Lipinski definition) is 3. The molecule has 4 heteroatoms. The summed E-state index contributed by atoms with van der Waals surface area (Å²) in [5.74, 6) is 0.710. The molecule has 0 heterocycles. The summed E-state index contributed by atoms with van der Waals surface area (Å²) < 4.78 is 0. The molecule has 102 valence electrons. The Hall–Kier alpha value is -0.220. The molecular formula is C13H28N2OS. The number of nitrogens with one attached hydrogen (secondary N) is 1. The SMILES string of the molecule is CCCCCC(C)NC(=O)CSC(C)CCN. The van der Waals surface area contributed by atoms with Crippen LogP contribution in [0.4, 0.5) is 0 Å². The second-order valence-corrected chi connectivity index (χ2v) is 6.09. The van der Waals surface area contributed by atoms with Gasteiger partial charge in [0.25, 0.3) is 0 Å². The molecule has 2 unspecified atom stereocenters. The minimum absolute atomic E-state index is 0.155. The summed E-state index contributed by atoms with van der Waals surface area (Å²) in [6.45, 7) is 7.10. The quantitative estimate of drug-likeness (QED) is 0.594. The highest BCUT2D eigenvalue weighted by atomic mass is 32.2. The van der Waals surface area contributed by atoms with Crippen molar-refractivity contribution < 1.29 is 4.79 Å². The Morgan fingerprint density at radius 3 is 2.59 bits per heavy atom. The molecule has 0 rings (SSSR count). The maximum Gasteiger partial charge on any atom is 0.230 e. The predicted molar refractivity (Wildman–Crippen MR) is 77.3 cm³/mol. The van der Waals surface area contributed by atoms with Crippen LogP contribution in [0.15, 0.2) is 0 Å². The van der Waals surface area contributed by atoms with Crippen molar-refractivity contribution in [1.82, 2.24) is 5.32 Å². The molecule has 3 N–H and O–H groups in total. The van der Waals surface area contributed by atoms with Crippen LogP contribution >= 0.6 is 11.8 Å². The van der Waals surface area contributed by atoms with E-state index in [1.54, 1.807) is 11.8 Å². The van der Waals surface area contributed by atoms with Crippen LogP contribution in [-0.2, 0) is 4.79 Å². The maximum atomic E-state index is 11.6. The number of unbranched alkanes of at least 4 members (excludes halogenated alkanes) is 2. The fourth-order valence-electron chi connectivity index (χ4n) is 1.63. The van der Waals surface area contributed by atoms with Gasteiger partial charge in [-0.1, -0.05) is 33.1 Å². The van der Waals surface area contributed by atoms with Crippen molar-refractivity contribution in [3.63, 3.8) is 0 Å². The van der Waals surface area contributed by atoms with Gasteiger partial charge in [-0.05, 0) is 26.3 Å². The number of hydrogen-bond donors (Lipinski definition) is 2. The van der Waals surface area contributed by atoms with Crippen LogP contribution in [0.2, 0.25) is 0 Å². The van der Waals surface area contributed by atoms with E-state index in [2.05, 4.69) is 26.1 Å². The summed E-state index contributed by atoms with van der Waals surface area (Å²) >= 11 is 1.69. The molecule has 0 saturated heterocycles. The molecule has 0 bridgehead atoms. The minimum atomic E-state index is 0.155. The smallest absolute Gasteiger partial charge is 0.230 e. The topological polar surface area (TPSA) is 55.1 Å². The van der Waals surface area contributed by atoms with Crippen LogP contribution in [0.25, 0.3) is 0 Å². The van der Waals surface area contributed by atoms with Gasteiger partial charge in [0.1, 0.15) is 0 Å². The van der Waals surface area contributed by atoms with E-state index in [-0.39, 0.29) is 5.91 Å². The zero-order valence-electron chi connectivity index (χ0n) is 11.5. The molecule has 3 nitrogen and oxygen atoms in total. The number of amides is 1. The van der Waals surface area contributed by atoms with Gasteiger partial charge in [0, 0.05) is 11.3 Å². The Labute approximate surface area is 110 Å². The predicted octanol–water partition coefficient (Wildman–Crippen LogP) is 2.54. The van der Waals surface area contributed by atoms with Crippen molar-refractivity contribution in [2.75, 3.05) is 12.3 Å². The van der Waals surface area contributed by atoms with E-state index in [0.29, 0.717) is 23.6 Å². The Bertz CT molecular complexity index is 200. The average Bonchev–Trinajstić information content (AvgIpc) is 2.27. The van der Waals surface area contributed by atoms with Crippen LogP contribution in [-0.4, -0.2) is 29.5 Å². The molecule has 0 aliphatic carbocycles. The van der Waals surface area contributed by atoms with E-state index >= 15 is 0 Å². The number of carbonyl (C=O) groups is 1. The largest absolute Gasteiger partial charge is 0.353 e. The van der Waals surface area contributed by atoms with Crippen LogP contribution in [0.3, 0.4) is 0 Å². The summed E-state index contributed by atoms with van der Waals surface area (Å²) in [5, 5.41) is 3.52. The molecule has 0 aromatic rings. The van der Waals surface area contributed by atoms with E-state index in [0.717, 1.165) is 12.8 Å². The van der Waals surface area contributed by atoms with Gasteiger partial charge in [0.15, 0.2) is 0 Å². The number of nitrogens with two attached hydrogens (primary N) is 1. The lowest BCUT2D eigenvalue weighted by molar-refractivity contribution is -0.119. The van der Waals surface area contributed by atoms with E-state index in [1.165, 1.54) is 19.3 Å². The second kappa shape index (κ2) is 10.9. The van der Waals surface area contributed by atoms with Crippen molar-refractivity contribution in [2.24, 2.45) is 5.73 Å². The fraction of sp³-hybridized carbons (Fsp3) is 0.923. The van der Waals surface area contributed by atoms with E-state index in [9.17, 15) is 4.79 Å². The first-order chi connectivity index (χ1) is 8.10. The Morgan fingerprint density at radius 2 is 2.00 bits per heavy atom. The molecule has 1 amide bonds. The average molecular weight is 260 g/mol. The van der Waals surface area contributed by atoms with Gasteiger partial charge in [-0.25, -0.2) is 0 Å². The van der Waals surface area contributed by atoms with E-state index < -0.39 is 0 Å². The molecule has 0 fully saturated rings. The highest BCUT2D eigenvalue weighted by molar-refractivity contribution is 8.00. The second-order valence-electron chi connectivity index (χ2n) is 4.66. The van der Waals surface area contributed by atoms with Gasteiger partial charge < -0.3 is 11.1 Å². The van der Waals surface area contributed by atoms with Gasteiger partial charge in [-0.2, -0.15) is 0 Å². The van der Waals surface area contributed by atoms with Crippen LogP contribution in [0.5, 0.6) is 0 Å². The van der Waals surface area contributed by atoms with Gasteiger partial charge in [0.05, 0.1) is 5.75 Å². The summed E-state index contributed by atoms with van der Waals surface area (Å²) in [7, 11) is 0. The zero-order chi connectivity index (χ0) is 13.1. The molecule has 17 heavy (non-hydrogen) atoms. The van der Waals surface area contributed by atoms with Crippen LogP contribution in [0.1, 0.15) is 52.9 Å². The first kappa shape index (κ1) is 16.8. The lowest BCUT2D eigenvalue weighted by atomic mass is 10.1. The standard InChI is InChI=1S/C13H28N2OS/c1-4-5-6-7-11(2)15-13(16)10-17-12(3)8-9-14/h11-12H,4-10,14H2,1-3H3,(H,15,16). The molecule has 0 aliphatic heterocycles. The van der Waals surface area contributed by atoms with Crippen LogP contribution < -0.4 is 11.1 Å². The monoisotopic (exact) mass is 260 g/mol. The van der Waals surface area contributed by atoms with Crippen molar-refractivity contribution in [3.05, 3.63) is 0 Å². The highest BCUT2D eigenvalue weighted by Gasteiger charge is 2.09. The number of thioether (sulfide) groups is 1. The molecule has 2 atom stereocenters. The molecule has 0 aliphatic rings. The normalized spacial score (nSPS) is 14.4. The maximum absolute atomic E-state index is 11.6. The third-order valence-electron chi connectivity index (χ3n) is 2.72. The lowest BCUT2D eigenvalue weighted by Gasteiger charge is -2.14. The minimum Gasteiger partial charge on any atom is -0.353 e. The Kier molecular flexibility index (Phi) is 10.8. The van der Waals surface area contributed by atoms with Gasteiger partial charge >= 0.3 is 0 Å². The van der Waals surface area contributed by atoms with Crippen molar-refractivity contribution in [1.29, 1.82) is 0 Å². The molecule has 0 spiro atoms. The highest BCUT2D eigenvalue weighted by Crippen LogP contribution is 2.12. The molecule has 0 aromatic heterocycles. The molecule has 0 aromatic carbocycles. The lowest BCUT2D eigenvalue weighted by Crippen LogP contribution is -2.34. The van der Waals surface area contributed by atoms with Crippen molar-refractivity contribution >= 4 is 17.7 Å². The van der Waals surface area contributed by atoms with Crippen LogP contribution in [0, 0.1) is 0 Å². The summed E-state index contributed by atoms with van der Waals surface area (Å²) in [4.78, 5) is 11.6. The zero-order valence-corrected chi connectivity index (χ0v) is 12.3. The fourth-order valence-corrected chi connectivity index (χ4v) is 2.45.